The first-order chi connectivity index (χ1) is 15.1. The highest BCUT2D eigenvalue weighted by molar-refractivity contribution is 8.13. The van der Waals surface area contributed by atoms with Crippen molar-refractivity contribution in [1.82, 2.24) is 0 Å². The first-order valence-corrected chi connectivity index (χ1v) is 11.5. The summed E-state index contributed by atoms with van der Waals surface area (Å²) in [4.78, 5) is 20.4. The predicted molar refractivity (Wildman–Crippen MR) is 128 cm³/mol. The highest BCUT2D eigenvalue weighted by Gasteiger charge is 2.32. The number of aliphatic imine (C=N–C) groups is 1. The molecule has 1 aliphatic heterocycles. The van der Waals surface area contributed by atoms with Crippen LogP contribution < -0.4 is 9.64 Å². The highest BCUT2D eigenvalue weighted by atomic mass is 35.5. The van der Waals surface area contributed by atoms with Gasteiger partial charge in [0.25, 0.3) is 5.91 Å². The van der Waals surface area contributed by atoms with Gasteiger partial charge in [-0.1, -0.05) is 47.6 Å². The number of benzene rings is 2. The summed E-state index contributed by atoms with van der Waals surface area (Å²) in [6.45, 7) is 0. The van der Waals surface area contributed by atoms with Crippen LogP contribution in [0.2, 0.25) is 5.02 Å². The Labute approximate surface area is 193 Å². The van der Waals surface area contributed by atoms with Gasteiger partial charge in [0.1, 0.15) is 11.4 Å². The molecule has 0 radical (unpaired) electrons. The third kappa shape index (κ3) is 4.52. The molecular formula is C23H16ClN3O2S2. The van der Waals surface area contributed by atoms with Crippen molar-refractivity contribution in [2.24, 2.45) is 4.99 Å². The molecule has 0 fully saturated rings. The van der Waals surface area contributed by atoms with Crippen molar-refractivity contribution < 1.29 is 9.53 Å². The van der Waals surface area contributed by atoms with E-state index in [0.29, 0.717) is 38.6 Å². The van der Waals surface area contributed by atoms with Gasteiger partial charge in [-0.2, -0.15) is 5.26 Å². The van der Waals surface area contributed by atoms with Crippen LogP contribution in [-0.4, -0.2) is 18.2 Å². The smallest absolute Gasteiger partial charge is 0.283 e. The number of thiophene rings is 1. The third-order valence-electron chi connectivity index (χ3n) is 4.54. The van der Waals surface area contributed by atoms with Crippen molar-refractivity contribution in [2.75, 3.05) is 12.0 Å². The lowest BCUT2D eigenvalue weighted by molar-refractivity contribution is -0.113. The number of thioether (sulfide) groups is 1. The third-order valence-corrected chi connectivity index (χ3v) is 6.64. The van der Waals surface area contributed by atoms with Crippen LogP contribution in [0.4, 0.5) is 5.69 Å². The van der Waals surface area contributed by atoms with Crippen molar-refractivity contribution in [1.29, 1.82) is 5.26 Å². The minimum absolute atomic E-state index is 0.231. The number of hydrogen-bond donors (Lipinski definition) is 0. The Bertz CT molecular complexity index is 1230. The van der Waals surface area contributed by atoms with Crippen LogP contribution >= 0.6 is 34.7 Å². The molecule has 8 heteroatoms. The molecule has 1 amide bonds. The number of halogens is 1. The zero-order valence-electron chi connectivity index (χ0n) is 16.4. The number of rotatable bonds is 5. The van der Waals surface area contributed by atoms with E-state index < -0.39 is 0 Å². The molecule has 1 aliphatic rings. The highest BCUT2D eigenvalue weighted by Crippen LogP contribution is 2.35. The second-order valence-electron chi connectivity index (χ2n) is 6.46. The van der Waals surface area contributed by atoms with Gasteiger partial charge in [0, 0.05) is 10.6 Å². The van der Waals surface area contributed by atoms with E-state index in [0.717, 1.165) is 10.4 Å². The molecule has 0 atom stereocenters. The van der Waals surface area contributed by atoms with E-state index in [-0.39, 0.29) is 5.91 Å². The first-order valence-electron chi connectivity index (χ1n) is 9.23. The van der Waals surface area contributed by atoms with E-state index in [2.05, 4.69) is 11.1 Å². The Morgan fingerprint density at radius 1 is 1.26 bits per heavy atom. The number of hydrogen-bond acceptors (Lipinski definition) is 6. The van der Waals surface area contributed by atoms with Gasteiger partial charge in [-0.3, -0.25) is 9.69 Å². The summed E-state index contributed by atoms with van der Waals surface area (Å²) < 4.78 is 5.23. The minimum Gasteiger partial charge on any atom is -0.495 e. The summed E-state index contributed by atoms with van der Waals surface area (Å²) in [6, 6.07) is 18.6. The monoisotopic (exact) mass is 465 g/mol. The average Bonchev–Trinajstić information content (AvgIpc) is 3.40. The number of carbonyl (C=O) groups excluding carboxylic acids is 1. The van der Waals surface area contributed by atoms with Crippen molar-refractivity contribution in [3.63, 3.8) is 0 Å². The second-order valence-corrected chi connectivity index (χ2v) is 8.79. The molecule has 0 saturated heterocycles. The SMILES string of the molecule is COc1ccc(N2C(=O)/C(=C\c3cccs3)N=C2SCc2ccccc2C#N)cc1Cl. The summed E-state index contributed by atoms with van der Waals surface area (Å²) in [5.41, 5.74) is 2.44. The van der Waals surface area contributed by atoms with Gasteiger partial charge in [-0.15, -0.1) is 11.3 Å². The van der Waals surface area contributed by atoms with Crippen molar-refractivity contribution in [3.8, 4) is 11.8 Å². The summed E-state index contributed by atoms with van der Waals surface area (Å²) >= 11 is 9.24. The molecule has 0 unspecified atom stereocenters. The molecule has 3 aromatic rings. The van der Waals surface area contributed by atoms with Crippen molar-refractivity contribution >= 4 is 57.5 Å². The second kappa shape index (κ2) is 9.40. The van der Waals surface area contributed by atoms with Crippen LogP contribution in [0, 0.1) is 11.3 Å². The molecule has 2 aromatic carbocycles. The number of carbonyl (C=O) groups is 1. The lowest BCUT2D eigenvalue weighted by Crippen LogP contribution is -2.30. The topological polar surface area (TPSA) is 65.7 Å². The first kappa shape index (κ1) is 21.2. The van der Waals surface area contributed by atoms with Crippen LogP contribution in [0.15, 0.2) is 70.7 Å². The normalized spacial score (nSPS) is 14.6. The van der Waals surface area contributed by atoms with Crippen LogP contribution in [0.1, 0.15) is 16.0 Å². The molecule has 154 valence electrons. The molecule has 31 heavy (non-hydrogen) atoms. The molecule has 2 heterocycles. The van der Waals surface area contributed by atoms with E-state index in [1.54, 1.807) is 42.4 Å². The summed E-state index contributed by atoms with van der Waals surface area (Å²) in [6.07, 6.45) is 1.78. The summed E-state index contributed by atoms with van der Waals surface area (Å²) in [5, 5.41) is 12.2. The largest absolute Gasteiger partial charge is 0.495 e. The number of methoxy groups -OCH3 is 1. The molecule has 0 spiro atoms. The van der Waals surface area contributed by atoms with Gasteiger partial charge in [-0.25, -0.2) is 4.99 Å². The van der Waals surface area contributed by atoms with Crippen LogP contribution in [0.5, 0.6) is 5.75 Å². The van der Waals surface area contributed by atoms with Crippen molar-refractivity contribution in [2.45, 2.75) is 5.75 Å². The lowest BCUT2D eigenvalue weighted by Gasteiger charge is -2.19. The quantitative estimate of drug-likeness (QED) is 0.436. The van der Waals surface area contributed by atoms with Crippen LogP contribution in [0.3, 0.4) is 0 Å². The van der Waals surface area contributed by atoms with Gasteiger partial charge in [0.15, 0.2) is 5.17 Å². The molecule has 0 bridgehead atoms. The van der Waals surface area contributed by atoms with E-state index in [1.807, 2.05) is 35.7 Å². The maximum Gasteiger partial charge on any atom is 0.283 e. The Morgan fingerprint density at radius 3 is 2.81 bits per heavy atom. The van der Waals surface area contributed by atoms with Gasteiger partial charge < -0.3 is 4.74 Å². The molecule has 1 aromatic heterocycles. The van der Waals surface area contributed by atoms with Gasteiger partial charge in [0.2, 0.25) is 0 Å². The standard InChI is InChI=1S/C23H16ClN3O2S2/c1-29-21-9-8-17(11-19(21)24)27-22(28)20(12-18-7-4-10-30-18)26-23(27)31-14-16-6-3-2-5-15(16)13-25/h2-12H,14H2,1H3/b20-12+. The number of nitriles is 1. The van der Waals surface area contributed by atoms with E-state index in [9.17, 15) is 10.1 Å². The molecule has 0 aliphatic carbocycles. The Morgan fingerprint density at radius 2 is 2.10 bits per heavy atom. The van der Waals surface area contributed by atoms with E-state index in [4.69, 9.17) is 16.3 Å². The van der Waals surface area contributed by atoms with Gasteiger partial charge >= 0.3 is 0 Å². The Hall–Kier alpha value is -3.05. The fourth-order valence-corrected chi connectivity index (χ4v) is 4.94. The molecule has 4 rings (SSSR count). The number of amides is 1. The maximum absolute atomic E-state index is 13.3. The molecule has 0 saturated carbocycles. The predicted octanol–water partition coefficient (Wildman–Crippen LogP) is 5.96. The van der Waals surface area contributed by atoms with Gasteiger partial charge in [0.05, 0.1) is 29.5 Å². The molecule has 5 nitrogen and oxygen atoms in total. The van der Waals surface area contributed by atoms with E-state index >= 15 is 0 Å². The summed E-state index contributed by atoms with van der Waals surface area (Å²) in [7, 11) is 1.54. The van der Waals surface area contributed by atoms with Crippen molar-refractivity contribution in [3.05, 3.63) is 86.7 Å². The fraction of sp³-hybridized carbons (Fsp3) is 0.0870. The zero-order valence-corrected chi connectivity index (χ0v) is 18.8. The fourth-order valence-electron chi connectivity index (χ4n) is 3.02. The Kier molecular flexibility index (Phi) is 6.42. The average molecular weight is 466 g/mol. The van der Waals surface area contributed by atoms with Crippen LogP contribution in [-0.2, 0) is 10.5 Å². The number of amidine groups is 1. The lowest BCUT2D eigenvalue weighted by atomic mass is 10.1. The van der Waals surface area contributed by atoms with Crippen LogP contribution in [0.25, 0.3) is 6.08 Å². The maximum atomic E-state index is 13.3. The molecule has 0 N–H and O–H groups in total. The minimum atomic E-state index is -0.231. The number of nitrogens with zero attached hydrogens (tertiary/aromatic N) is 3. The van der Waals surface area contributed by atoms with E-state index in [1.165, 1.54) is 23.1 Å². The number of ether oxygens (including phenoxy) is 1. The molecular weight excluding hydrogens is 450 g/mol. The summed E-state index contributed by atoms with van der Waals surface area (Å²) in [5.74, 6) is 0.800. The number of anilines is 1. The zero-order chi connectivity index (χ0) is 21.8. The Balaban J connectivity index is 1.69. The van der Waals surface area contributed by atoms with Gasteiger partial charge in [-0.05, 0) is 47.4 Å².